The zero-order valence-corrected chi connectivity index (χ0v) is 13.9. The second-order valence-electron chi connectivity index (χ2n) is 5.16. The third kappa shape index (κ3) is 2.92. The monoisotopic (exact) mass is 344 g/mol. The number of nitrogens with zero attached hydrogens (tertiary/aromatic N) is 2. The van der Waals surface area contributed by atoms with Crippen molar-refractivity contribution in [1.29, 1.82) is 0 Å². The van der Waals surface area contributed by atoms with Gasteiger partial charge in [-0.3, -0.25) is 0 Å². The second-order valence-corrected chi connectivity index (χ2v) is 7.66. The first-order chi connectivity index (χ1) is 8.27. The first-order valence-electron chi connectivity index (χ1n) is 5.59. The Hall–Kier alpha value is -0.450. The summed E-state index contributed by atoms with van der Waals surface area (Å²) >= 11 is 11.3. The molecular weight excluding hydrogens is 332 g/mol. The molecule has 0 N–H and O–H groups in total. The Labute approximate surface area is 125 Å². The maximum atomic E-state index is 6.09. The van der Waals surface area contributed by atoms with Gasteiger partial charge >= 0.3 is 0 Å². The van der Waals surface area contributed by atoms with Gasteiger partial charge in [0.2, 0.25) is 0 Å². The van der Waals surface area contributed by atoms with Gasteiger partial charge in [-0.25, -0.2) is 9.97 Å². The molecule has 0 atom stereocenters. The van der Waals surface area contributed by atoms with Crippen LogP contribution in [0.1, 0.15) is 31.3 Å². The van der Waals surface area contributed by atoms with Gasteiger partial charge in [0.25, 0.3) is 0 Å². The Balaban J connectivity index is 2.55. The van der Waals surface area contributed by atoms with Crippen molar-refractivity contribution in [3.05, 3.63) is 32.3 Å². The minimum atomic E-state index is -0.0368. The van der Waals surface area contributed by atoms with E-state index in [9.17, 15) is 0 Å². The van der Waals surface area contributed by atoms with E-state index in [-0.39, 0.29) is 5.41 Å². The summed E-state index contributed by atoms with van der Waals surface area (Å²) < 4.78 is 1.09. The molecule has 0 amide bonds. The van der Waals surface area contributed by atoms with Crippen molar-refractivity contribution < 1.29 is 0 Å². The smallest absolute Gasteiger partial charge is 0.171 e. The van der Waals surface area contributed by atoms with Crippen molar-refractivity contribution in [1.82, 2.24) is 9.97 Å². The third-order valence-corrected chi connectivity index (χ3v) is 4.87. The van der Waals surface area contributed by atoms with Crippen LogP contribution in [0.2, 0.25) is 5.15 Å². The van der Waals surface area contributed by atoms with E-state index >= 15 is 0 Å². The number of halogens is 2. The van der Waals surface area contributed by atoms with Crippen LogP contribution in [0.4, 0.5) is 0 Å². The first-order valence-corrected chi connectivity index (χ1v) is 7.57. The summed E-state index contributed by atoms with van der Waals surface area (Å²) in [7, 11) is 0. The molecule has 18 heavy (non-hydrogen) atoms. The van der Waals surface area contributed by atoms with Crippen LogP contribution in [0.5, 0.6) is 0 Å². The highest BCUT2D eigenvalue weighted by Crippen LogP contribution is 2.34. The van der Waals surface area contributed by atoms with Gasteiger partial charge in [0, 0.05) is 14.8 Å². The van der Waals surface area contributed by atoms with E-state index < -0.39 is 0 Å². The molecular formula is C13H14BrClN2S. The number of aromatic nitrogens is 2. The third-order valence-electron chi connectivity index (χ3n) is 2.54. The Kier molecular flexibility index (Phi) is 3.81. The van der Waals surface area contributed by atoms with Crippen molar-refractivity contribution in [2.45, 2.75) is 33.1 Å². The van der Waals surface area contributed by atoms with E-state index in [0.29, 0.717) is 11.0 Å². The molecule has 0 spiro atoms. The van der Waals surface area contributed by atoms with E-state index in [1.807, 2.05) is 12.1 Å². The summed E-state index contributed by atoms with van der Waals surface area (Å²) in [6.07, 6.45) is 0. The summed E-state index contributed by atoms with van der Waals surface area (Å²) in [6, 6.07) is 3.87. The van der Waals surface area contributed by atoms with Crippen molar-refractivity contribution >= 4 is 38.9 Å². The molecule has 2 aromatic rings. The molecule has 0 saturated carbocycles. The fraction of sp³-hybridized carbons (Fsp3) is 0.385. The van der Waals surface area contributed by atoms with Gasteiger partial charge in [-0.15, -0.1) is 11.3 Å². The Morgan fingerprint density at radius 2 is 1.89 bits per heavy atom. The molecule has 0 saturated heterocycles. The summed E-state index contributed by atoms with van der Waals surface area (Å²) in [5.74, 6) is 0.700. The number of aryl methyl sites for hydroxylation is 1. The van der Waals surface area contributed by atoms with Gasteiger partial charge in [0.1, 0.15) is 5.15 Å². The average molecular weight is 346 g/mol. The standard InChI is InChI=1S/C13H14BrClN2S/c1-7-8(14)5-9(18-7)12-16-10(13(2,3)4)6-11(15)17-12/h5-6H,1-4H3. The van der Waals surface area contributed by atoms with Gasteiger partial charge in [0.05, 0.1) is 10.6 Å². The summed E-state index contributed by atoms with van der Waals surface area (Å²) in [4.78, 5) is 11.2. The molecule has 2 aromatic heterocycles. The van der Waals surface area contributed by atoms with E-state index in [0.717, 1.165) is 15.0 Å². The number of rotatable bonds is 1. The lowest BCUT2D eigenvalue weighted by molar-refractivity contribution is 0.568. The zero-order chi connectivity index (χ0) is 13.5. The Morgan fingerprint density at radius 1 is 1.22 bits per heavy atom. The maximum absolute atomic E-state index is 6.09. The van der Waals surface area contributed by atoms with Gasteiger partial charge in [-0.1, -0.05) is 32.4 Å². The fourth-order valence-corrected chi connectivity index (χ4v) is 3.13. The lowest BCUT2D eigenvalue weighted by atomic mass is 9.92. The summed E-state index contributed by atoms with van der Waals surface area (Å²) in [5.41, 5.74) is 0.921. The minimum absolute atomic E-state index is 0.0368. The molecule has 0 unspecified atom stereocenters. The topological polar surface area (TPSA) is 25.8 Å². The minimum Gasteiger partial charge on any atom is -0.232 e. The van der Waals surface area contributed by atoms with Crippen LogP contribution >= 0.6 is 38.9 Å². The molecule has 2 nitrogen and oxygen atoms in total. The SMILES string of the molecule is Cc1sc(-c2nc(Cl)cc(C(C)(C)C)n2)cc1Br. The molecule has 0 aliphatic heterocycles. The number of thiophene rings is 1. The second kappa shape index (κ2) is 4.91. The van der Waals surface area contributed by atoms with Gasteiger partial charge in [-0.2, -0.15) is 0 Å². The molecule has 0 aliphatic carbocycles. The van der Waals surface area contributed by atoms with Crippen molar-refractivity contribution in [2.75, 3.05) is 0 Å². The molecule has 0 aromatic carbocycles. The molecule has 2 rings (SSSR count). The molecule has 2 heterocycles. The van der Waals surface area contributed by atoms with Gasteiger partial charge in [0.15, 0.2) is 5.82 Å². The molecule has 0 aliphatic rings. The maximum Gasteiger partial charge on any atom is 0.171 e. The van der Waals surface area contributed by atoms with Crippen molar-refractivity contribution in [3.63, 3.8) is 0 Å². The summed E-state index contributed by atoms with van der Waals surface area (Å²) in [5, 5.41) is 0.493. The van der Waals surface area contributed by atoms with E-state index in [1.165, 1.54) is 4.88 Å². The highest BCUT2D eigenvalue weighted by atomic mass is 79.9. The Morgan fingerprint density at radius 3 is 2.39 bits per heavy atom. The molecule has 0 radical (unpaired) electrons. The highest BCUT2D eigenvalue weighted by molar-refractivity contribution is 9.10. The van der Waals surface area contributed by atoms with E-state index in [1.54, 1.807) is 11.3 Å². The van der Waals surface area contributed by atoms with Gasteiger partial charge < -0.3 is 0 Å². The van der Waals surface area contributed by atoms with Gasteiger partial charge in [-0.05, 0) is 35.0 Å². The molecule has 5 heteroatoms. The number of hydrogen-bond acceptors (Lipinski definition) is 3. The number of hydrogen-bond donors (Lipinski definition) is 0. The van der Waals surface area contributed by atoms with Crippen LogP contribution in [0.3, 0.4) is 0 Å². The normalized spacial score (nSPS) is 11.9. The van der Waals surface area contributed by atoms with Crippen LogP contribution < -0.4 is 0 Å². The molecule has 96 valence electrons. The largest absolute Gasteiger partial charge is 0.232 e. The van der Waals surface area contributed by atoms with Crippen LogP contribution in [0, 0.1) is 6.92 Å². The Bertz CT molecular complexity index is 568. The quantitative estimate of drug-likeness (QED) is 0.662. The van der Waals surface area contributed by atoms with E-state index in [4.69, 9.17) is 11.6 Å². The van der Waals surface area contributed by atoms with Crippen molar-refractivity contribution in [2.24, 2.45) is 0 Å². The van der Waals surface area contributed by atoms with E-state index in [2.05, 4.69) is 53.6 Å². The highest BCUT2D eigenvalue weighted by Gasteiger charge is 2.19. The predicted molar refractivity (Wildman–Crippen MR) is 81.5 cm³/mol. The fourth-order valence-electron chi connectivity index (χ4n) is 1.48. The first kappa shape index (κ1) is 14.0. The van der Waals surface area contributed by atoms with Crippen LogP contribution in [-0.4, -0.2) is 9.97 Å². The summed E-state index contributed by atoms with van der Waals surface area (Å²) in [6.45, 7) is 8.41. The van der Waals surface area contributed by atoms with Crippen LogP contribution in [-0.2, 0) is 5.41 Å². The van der Waals surface area contributed by atoms with Crippen LogP contribution in [0.25, 0.3) is 10.7 Å². The van der Waals surface area contributed by atoms with Crippen LogP contribution in [0.15, 0.2) is 16.6 Å². The average Bonchev–Trinajstić information content (AvgIpc) is 2.57. The molecule has 0 fully saturated rings. The lowest BCUT2D eigenvalue weighted by Gasteiger charge is -2.18. The molecule has 0 bridgehead atoms. The zero-order valence-electron chi connectivity index (χ0n) is 10.7. The lowest BCUT2D eigenvalue weighted by Crippen LogP contribution is -2.14. The van der Waals surface area contributed by atoms with Crippen molar-refractivity contribution in [3.8, 4) is 10.7 Å². The predicted octanol–water partition coefficient (Wildman–Crippen LogP) is 5.23.